The molecular weight excluding hydrogens is 276 g/mol. The van der Waals surface area contributed by atoms with Gasteiger partial charge in [0.15, 0.2) is 0 Å². The molecule has 0 bridgehead atoms. The molecule has 0 saturated heterocycles. The zero-order valence-electron chi connectivity index (χ0n) is 10.2. The van der Waals surface area contributed by atoms with Gasteiger partial charge in [0, 0.05) is 12.2 Å². The van der Waals surface area contributed by atoms with Gasteiger partial charge in [0.2, 0.25) is 20.0 Å². The first kappa shape index (κ1) is 14.9. The smallest absolute Gasteiger partial charge is 0.240 e. The average molecular weight is 292 g/mol. The van der Waals surface area contributed by atoms with Crippen LogP contribution < -0.4 is 9.44 Å². The van der Waals surface area contributed by atoms with Crippen LogP contribution in [0, 0.1) is 0 Å². The third-order valence-electron chi connectivity index (χ3n) is 2.01. The lowest BCUT2D eigenvalue weighted by Gasteiger charge is -2.07. The Morgan fingerprint density at radius 3 is 2.06 bits per heavy atom. The van der Waals surface area contributed by atoms with Gasteiger partial charge in [-0.05, 0) is 30.7 Å². The summed E-state index contributed by atoms with van der Waals surface area (Å²) in [6.07, 6.45) is 1.73. The van der Waals surface area contributed by atoms with E-state index >= 15 is 0 Å². The molecule has 0 radical (unpaired) electrons. The Balaban J connectivity index is 2.89. The van der Waals surface area contributed by atoms with Crippen LogP contribution in [0.3, 0.4) is 0 Å². The topological polar surface area (TPSA) is 92.3 Å². The molecule has 102 valence electrons. The summed E-state index contributed by atoms with van der Waals surface area (Å²) in [5, 5.41) is 0. The van der Waals surface area contributed by atoms with E-state index in [0.29, 0.717) is 18.7 Å². The minimum absolute atomic E-state index is 0.106. The van der Waals surface area contributed by atoms with Gasteiger partial charge in [-0.2, -0.15) is 0 Å². The highest BCUT2D eigenvalue weighted by Crippen LogP contribution is 2.14. The zero-order chi connectivity index (χ0) is 13.8. The van der Waals surface area contributed by atoms with Gasteiger partial charge in [-0.1, -0.05) is 6.92 Å². The molecule has 6 nitrogen and oxygen atoms in total. The molecular formula is C10H16N2O4S2. The van der Waals surface area contributed by atoms with Crippen molar-refractivity contribution in [2.45, 2.75) is 18.2 Å². The van der Waals surface area contributed by atoms with Crippen molar-refractivity contribution < 1.29 is 16.8 Å². The molecule has 2 N–H and O–H groups in total. The van der Waals surface area contributed by atoms with E-state index in [1.807, 2.05) is 6.92 Å². The molecule has 8 heteroatoms. The number of benzene rings is 1. The fraction of sp³-hybridized carbons (Fsp3) is 0.400. The molecule has 1 rings (SSSR count). The molecule has 0 aliphatic heterocycles. The summed E-state index contributed by atoms with van der Waals surface area (Å²) in [4.78, 5) is 0.106. The van der Waals surface area contributed by atoms with Crippen molar-refractivity contribution >= 4 is 25.7 Å². The van der Waals surface area contributed by atoms with Crippen molar-refractivity contribution in [3.8, 4) is 0 Å². The van der Waals surface area contributed by atoms with Crippen LogP contribution in [0.4, 0.5) is 5.69 Å². The van der Waals surface area contributed by atoms with E-state index in [2.05, 4.69) is 9.44 Å². The minimum Gasteiger partial charge on any atom is -0.284 e. The van der Waals surface area contributed by atoms with Crippen LogP contribution in [0.1, 0.15) is 13.3 Å². The quantitative estimate of drug-likeness (QED) is 0.809. The molecule has 1 aromatic carbocycles. The highest BCUT2D eigenvalue weighted by molar-refractivity contribution is 7.92. The Bertz CT molecular complexity index is 591. The third kappa shape index (κ3) is 4.63. The fourth-order valence-electron chi connectivity index (χ4n) is 1.24. The van der Waals surface area contributed by atoms with E-state index in [-0.39, 0.29) is 4.90 Å². The highest BCUT2D eigenvalue weighted by Gasteiger charge is 2.12. The van der Waals surface area contributed by atoms with Crippen LogP contribution in [0.2, 0.25) is 0 Å². The predicted octanol–water partition coefficient (Wildman–Crippen LogP) is 0.746. The van der Waals surface area contributed by atoms with Crippen LogP contribution in [-0.2, 0) is 20.0 Å². The van der Waals surface area contributed by atoms with Crippen LogP contribution in [0.15, 0.2) is 29.2 Å². The third-order valence-corrected chi connectivity index (χ3v) is 4.09. The number of hydrogen-bond acceptors (Lipinski definition) is 4. The van der Waals surface area contributed by atoms with Gasteiger partial charge in [-0.3, -0.25) is 4.72 Å². The summed E-state index contributed by atoms with van der Waals surface area (Å²) in [5.74, 6) is 0. The van der Waals surface area contributed by atoms with Gasteiger partial charge < -0.3 is 0 Å². The molecule has 0 amide bonds. The van der Waals surface area contributed by atoms with E-state index in [1.165, 1.54) is 24.3 Å². The van der Waals surface area contributed by atoms with Crippen LogP contribution in [-0.4, -0.2) is 29.6 Å². The van der Waals surface area contributed by atoms with Crippen LogP contribution >= 0.6 is 0 Å². The second kappa shape index (κ2) is 5.68. The standard InChI is InChI=1S/C10H16N2O4S2/c1-3-8-11-18(15,16)10-6-4-9(5-7-10)12-17(2,13)14/h4-7,11-12H,3,8H2,1-2H3. The largest absolute Gasteiger partial charge is 0.284 e. The number of anilines is 1. The summed E-state index contributed by atoms with van der Waals surface area (Å²) in [6.45, 7) is 2.23. The number of hydrogen-bond donors (Lipinski definition) is 2. The number of nitrogens with one attached hydrogen (secondary N) is 2. The van der Waals surface area contributed by atoms with E-state index in [1.54, 1.807) is 0 Å². The summed E-state index contributed by atoms with van der Waals surface area (Å²) < 4.78 is 50.1. The van der Waals surface area contributed by atoms with Crippen LogP contribution in [0.5, 0.6) is 0 Å². The molecule has 0 aliphatic rings. The number of sulfonamides is 2. The summed E-state index contributed by atoms with van der Waals surface area (Å²) in [7, 11) is -6.86. The maximum Gasteiger partial charge on any atom is 0.240 e. The van der Waals surface area contributed by atoms with Gasteiger partial charge >= 0.3 is 0 Å². The van der Waals surface area contributed by atoms with E-state index < -0.39 is 20.0 Å². The Kier molecular flexibility index (Phi) is 4.71. The maximum atomic E-state index is 11.7. The zero-order valence-corrected chi connectivity index (χ0v) is 11.8. The summed E-state index contributed by atoms with van der Waals surface area (Å²) in [5.41, 5.74) is 0.326. The maximum absolute atomic E-state index is 11.7. The van der Waals surface area contributed by atoms with Gasteiger partial charge in [0.1, 0.15) is 0 Å². The van der Waals surface area contributed by atoms with Crippen molar-refractivity contribution in [3.05, 3.63) is 24.3 Å². The van der Waals surface area contributed by atoms with Crippen molar-refractivity contribution in [3.63, 3.8) is 0 Å². The Hall–Kier alpha value is -1.12. The second-order valence-electron chi connectivity index (χ2n) is 3.80. The Labute approximate surface area is 108 Å². The first-order chi connectivity index (χ1) is 8.24. The van der Waals surface area contributed by atoms with Gasteiger partial charge in [0.25, 0.3) is 0 Å². The molecule has 0 aromatic heterocycles. The van der Waals surface area contributed by atoms with Crippen molar-refractivity contribution in [1.82, 2.24) is 4.72 Å². The van der Waals surface area contributed by atoms with Crippen molar-refractivity contribution in [2.24, 2.45) is 0 Å². The van der Waals surface area contributed by atoms with Gasteiger partial charge in [-0.15, -0.1) is 0 Å². The number of rotatable bonds is 6. The van der Waals surface area contributed by atoms with E-state index in [0.717, 1.165) is 6.26 Å². The first-order valence-electron chi connectivity index (χ1n) is 5.32. The van der Waals surface area contributed by atoms with Gasteiger partial charge in [-0.25, -0.2) is 21.6 Å². The lowest BCUT2D eigenvalue weighted by molar-refractivity contribution is 0.581. The summed E-state index contributed by atoms with van der Waals surface area (Å²) >= 11 is 0. The average Bonchev–Trinajstić information content (AvgIpc) is 2.25. The Morgan fingerprint density at radius 1 is 1.06 bits per heavy atom. The summed E-state index contributed by atoms with van der Waals surface area (Å²) in [6, 6.07) is 5.51. The molecule has 18 heavy (non-hydrogen) atoms. The molecule has 0 aliphatic carbocycles. The van der Waals surface area contributed by atoms with E-state index in [9.17, 15) is 16.8 Å². The first-order valence-corrected chi connectivity index (χ1v) is 8.69. The van der Waals surface area contributed by atoms with Gasteiger partial charge in [0.05, 0.1) is 11.2 Å². The molecule has 0 fully saturated rings. The molecule has 0 atom stereocenters. The predicted molar refractivity (Wildman–Crippen MR) is 70.4 cm³/mol. The molecule has 1 aromatic rings. The highest BCUT2D eigenvalue weighted by atomic mass is 32.2. The monoisotopic (exact) mass is 292 g/mol. The van der Waals surface area contributed by atoms with Crippen molar-refractivity contribution in [1.29, 1.82) is 0 Å². The van der Waals surface area contributed by atoms with Crippen molar-refractivity contribution in [2.75, 3.05) is 17.5 Å². The Morgan fingerprint density at radius 2 is 1.61 bits per heavy atom. The van der Waals surface area contributed by atoms with Crippen LogP contribution in [0.25, 0.3) is 0 Å². The minimum atomic E-state index is -3.51. The molecule has 0 heterocycles. The van der Waals surface area contributed by atoms with E-state index in [4.69, 9.17) is 0 Å². The second-order valence-corrected chi connectivity index (χ2v) is 7.31. The fourth-order valence-corrected chi connectivity index (χ4v) is 2.93. The molecule has 0 spiro atoms. The normalized spacial score (nSPS) is 12.3. The SMILES string of the molecule is CCCNS(=O)(=O)c1ccc(NS(C)(=O)=O)cc1. The molecule has 0 unspecified atom stereocenters. The lowest BCUT2D eigenvalue weighted by Crippen LogP contribution is -2.24. The lowest BCUT2D eigenvalue weighted by atomic mass is 10.3. The molecule has 0 saturated carbocycles.